The molecule has 1 aliphatic rings. The summed E-state index contributed by atoms with van der Waals surface area (Å²) in [6.45, 7) is 8.59. The number of hydrogen-bond acceptors (Lipinski definition) is 2. The number of rotatable bonds is 8. The molecule has 0 aromatic rings. The molecule has 0 aromatic carbocycles. The molecule has 0 spiro atoms. The van der Waals surface area contributed by atoms with Crippen LogP contribution in [0.4, 0.5) is 0 Å². The minimum absolute atomic E-state index is 0.402. The summed E-state index contributed by atoms with van der Waals surface area (Å²) < 4.78 is 5.83. The number of hydrogen-bond donors (Lipinski definition) is 1. The molecule has 0 heterocycles. The molecular weight excluding hydrogens is 186 g/mol. The molecule has 2 unspecified atom stereocenters. The van der Waals surface area contributed by atoms with Crippen molar-refractivity contribution in [3.8, 4) is 0 Å². The summed E-state index contributed by atoms with van der Waals surface area (Å²) in [4.78, 5) is 0. The fourth-order valence-corrected chi connectivity index (χ4v) is 2.22. The van der Waals surface area contributed by atoms with Crippen molar-refractivity contribution in [3.63, 3.8) is 0 Å². The second kappa shape index (κ2) is 7.24. The lowest BCUT2D eigenvalue weighted by Crippen LogP contribution is -2.30. The van der Waals surface area contributed by atoms with E-state index in [2.05, 4.69) is 26.1 Å². The van der Waals surface area contributed by atoms with Crippen molar-refractivity contribution >= 4 is 0 Å². The monoisotopic (exact) mass is 213 g/mol. The zero-order chi connectivity index (χ0) is 11.1. The van der Waals surface area contributed by atoms with Gasteiger partial charge < -0.3 is 10.1 Å². The van der Waals surface area contributed by atoms with Gasteiger partial charge in [-0.2, -0.15) is 0 Å². The lowest BCUT2D eigenvalue weighted by Gasteiger charge is -2.26. The molecule has 2 atom stereocenters. The first-order valence-corrected chi connectivity index (χ1v) is 6.57. The highest BCUT2D eigenvalue weighted by Crippen LogP contribution is 2.29. The van der Waals surface area contributed by atoms with Crippen LogP contribution in [0.1, 0.15) is 52.9 Å². The topological polar surface area (TPSA) is 21.3 Å². The first kappa shape index (κ1) is 13.0. The summed E-state index contributed by atoms with van der Waals surface area (Å²) in [5.74, 6) is 0.975. The van der Waals surface area contributed by atoms with E-state index in [1.54, 1.807) is 0 Å². The molecule has 2 nitrogen and oxygen atoms in total. The van der Waals surface area contributed by atoms with E-state index in [1.165, 1.54) is 25.7 Å². The summed E-state index contributed by atoms with van der Waals surface area (Å²) in [5, 5.41) is 3.42. The molecule has 0 bridgehead atoms. The van der Waals surface area contributed by atoms with E-state index in [-0.39, 0.29) is 0 Å². The fraction of sp³-hybridized carbons (Fsp3) is 1.00. The van der Waals surface area contributed by atoms with Gasteiger partial charge in [0.1, 0.15) is 0 Å². The maximum atomic E-state index is 5.83. The van der Waals surface area contributed by atoms with Gasteiger partial charge in [0.25, 0.3) is 0 Å². The Morgan fingerprint density at radius 1 is 1.33 bits per heavy atom. The van der Waals surface area contributed by atoms with E-state index in [1.807, 2.05) is 0 Å². The Balaban J connectivity index is 1.94. The van der Waals surface area contributed by atoms with Crippen molar-refractivity contribution in [1.82, 2.24) is 5.32 Å². The Morgan fingerprint density at radius 3 is 2.60 bits per heavy atom. The molecule has 90 valence electrons. The Hall–Kier alpha value is -0.0800. The van der Waals surface area contributed by atoms with Gasteiger partial charge in [0.15, 0.2) is 0 Å². The summed E-state index contributed by atoms with van der Waals surface area (Å²) in [6.07, 6.45) is 7.12. The van der Waals surface area contributed by atoms with Gasteiger partial charge in [-0.15, -0.1) is 0 Å². The third-order valence-corrected chi connectivity index (χ3v) is 3.39. The van der Waals surface area contributed by atoms with Gasteiger partial charge in [-0.05, 0) is 39.2 Å². The lowest BCUT2D eigenvalue weighted by atomic mass is 9.83. The third-order valence-electron chi connectivity index (χ3n) is 3.39. The summed E-state index contributed by atoms with van der Waals surface area (Å²) in [7, 11) is 0. The van der Waals surface area contributed by atoms with Gasteiger partial charge in [0.05, 0.1) is 6.10 Å². The Labute approximate surface area is 94.8 Å². The Bertz CT molecular complexity index is 157. The van der Waals surface area contributed by atoms with Gasteiger partial charge in [-0.3, -0.25) is 0 Å². The third kappa shape index (κ3) is 5.53. The van der Waals surface area contributed by atoms with Gasteiger partial charge in [-0.1, -0.05) is 26.2 Å². The van der Waals surface area contributed by atoms with Crippen LogP contribution in [0.5, 0.6) is 0 Å². The molecule has 0 radical (unpaired) electrons. The van der Waals surface area contributed by atoms with Crippen molar-refractivity contribution in [1.29, 1.82) is 0 Å². The van der Waals surface area contributed by atoms with E-state index in [0.717, 1.165) is 25.5 Å². The maximum absolute atomic E-state index is 5.83. The quantitative estimate of drug-likeness (QED) is 0.669. The summed E-state index contributed by atoms with van der Waals surface area (Å²) >= 11 is 0. The molecule has 1 aliphatic carbocycles. The fourth-order valence-electron chi connectivity index (χ4n) is 2.22. The van der Waals surface area contributed by atoms with E-state index in [4.69, 9.17) is 4.74 Å². The van der Waals surface area contributed by atoms with Crippen molar-refractivity contribution in [2.24, 2.45) is 5.92 Å². The average molecular weight is 213 g/mol. The minimum atomic E-state index is 0.402. The summed E-state index contributed by atoms with van der Waals surface area (Å²) in [5.41, 5.74) is 0. The highest BCUT2D eigenvalue weighted by atomic mass is 16.5. The van der Waals surface area contributed by atoms with Crippen molar-refractivity contribution in [3.05, 3.63) is 0 Å². The van der Waals surface area contributed by atoms with Crippen molar-refractivity contribution in [2.45, 2.75) is 65.0 Å². The predicted molar refractivity (Wildman–Crippen MR) is 65.1 cm³/mol. The molecule has 0 saturated heterocycles. The van der Waals surface area contributed by atoms with Crippen LogP contribution >= 0.6 is 0 Å². The van der Waals surface area contributed by atoms with Crippen LogP contribution < -0.4 is 5.32 Å². The second-order valence-electron chi connectivity index (χ2n) is 4.96. The summed E-state index contributed by atoms with van der Waals surface area (Å²) in [6, 6.07) is 0.578. The van der Waals surface area contributed by atoms with Crippen molar-refractivity contribution < 1.29 is 4.74 Å². The van der Waals surface area contributed by atoms with Gasteiger partial charge in [-0.25, -0.2) is 0 Å². The molecule has 15 heavy (non-hydrogen) atoms. The van der Waals surface area contributed by atoms with Crippen LogP contribution in [-0.2, 0) is 4.74 Å². The highest BCUT2D eigenvalue weighted by molar-refractivity contribution is 4.69. The van der Waals surface area contributed by atoms with Gasteiger partial charge in [0.2, 0.25) is 0 Å². The number of ether oxygens (including phenoxy) is 1. The molecule has 1 saturated carbocycles. The lowest BCUT2D eigenvalue weighted by molar-refractivity contribution is 0.0393. The average Bonchev–Trinajstić information content (AvgIpc) is 2.09. The second-order valence-corrected chi connectivity index (χ2v) is 4.96. The van der Waals surface area contributed by atoms with Crippen LogP contribution in [-0.4, -0.2) is 25.3 Å². The van der Waals surface area contributed by atoms with E-state index < -0.39 is 0 Å². The molecule has 1 N–H and O–H groups in total. The number of nitrogens with one attached hydrogen (secondary N) is 1. The van der Waals surface area contributed by atoms with Gasteiger partial charge in [0, 0.05) is 12.6 Å². The normalized spacial score (nSPS) is 21.0. The molecule has 2 heteroatoms. The first-order chi connectivity index (χ1) is 7.22. The highest BCUT2D eigenvalue weighted by Gasteiger charge is 2.17. The maximum Gasteiger partial charge on any atom is 0.0561 e. The van der Waals surface area contributed by atoms with E-state index in [0.29, 0.717) is 12.1 Å². The van der Waals surface area contributed by atoms with Crippen molar-refractivity contribution in [2.75, 3.05) is 13.2 Å². The zero-order valence-electron chi connectivity index (χ0n) is 10.6. The largest absolute Gasteiger partial charge is 0.378 e. The molecule has 0 aliphatic heterocycles. The Morgan fingerprint density at radius 2 is 2.07 bits per heavy atom. The Kier molecular flexibility index (Phi) is 6.26. The standard InChI is InChI=1S/C13H27NO/c1-4-14-11(2)10-12(3)15-9-8-13-6-5-7-13/h11-14H,4-10H2,1-3H3. The van der Waals surface area contributed by atoms with Crippen LogP contribution in [0.25, 0.3) is 0 Å². The smallest absolute Gasteiger partial charge is 0.0561 e. The zero-order valence-corrected chi connectivity index (χ0v) is 10.6. The van der Waals surface area contributed by atoms with E-state index >= 15 is 0 Å². The van der Waals surface area contributed by atoms with Crippen LogP contribution in [0.2, 0.25) is 0 Å². The first-order valence-electron chi connectivity index (χ1n) is 6.57. The van der Waals surface area contributed by atoms with Crippen LogP contribution in [0.15, 0.2) is 0 Å². The molecule has 1 fully saturated rings. The molecule has 1 rings (SSSR count). The van der Waals surface area contributed by atoms with Gasteiger partial charge >= 0.3 is 0 Å². The molecular formula is C13H27NO. The van der Waals surface area contributed by atoms with Crippen LogP contribution in [0.3, 0.4) is 0 Å². The molecule has 0 amide bonds. The minimum Gasteiger partial charge on any atom is -0.378 e. The molecule has 0 aromatic heterocycles. The van der Waals surface area contributed by atoms with E-state index in [9.17, 15) is 0 Å². The predicted octanol–water partition coefficient (Wildman–Crippen LogP) is 2.97. The van der Waals surface area contributed by atoms with Crippen LogP contribution in [0, 0.1) is 5.92 Å². The SMILES string of the molecule is CCNC(C)CC(C)OCCC1CCC1.